The Balaban J connectivity index is 3.64. The summed E-state index contributed by atoms with van der Waals surface area (Å²) in [7, 11) is 0. The van der Waals surface area contributed by atoms with Crippen LogP contribution in [0.5, 0.6) is 0 Å². The van der Waals surface area contributed by atoms with Crippen LogP contribution in [0.4, 0.5) is 13.2 Å². The Labute approximate surface area is 56.5 Å². The molecule has 0 atom stereocenters. The molecule has 58 valence electrons. The summed E-state index contributed by atoms with van der Waals surface area (Å²) in [5.41, 5.74) is 0. The van der Waals surface area contributed by atoms with E-state index in [2.05, 4.69) is 6.58 Å². The highest BCUT2D eigenvalue weighted by atomic mass is 19.4. The summed E-state index contributed by atoms with van der Waals surface area (Å²) >= 11 is 0. The zero-order valence-electron chi connectivity index (χ0n) is 5.15. The van der Waals surface area contributed by atoms with Gasteiger partial charge in [0.1, 0.15) is 5.76 Å². The Bertz CT molecular complexity index is 146. The fourth-order valence-corrected chi connectivity index (χ4v) is 0.329. The Morgan fingerprint density at radius 3 is 2.30 bits per heavy atom. The second-order valence-electron chi connectivity index (χ2n) is 1.71. The molecule has 0 aromatic heterocycles. The average Bonchev–Trinajstić information content (AvgIpc) is 1.59. The third-order valence-electron chi connectivity index (χ3n) is 0.660. The van der Waals surface area contributed by atoms with E-state index in [0.29, 0.717) is 0 Å². The molecule has 0 saturated heterocycles. The van der Waals surface area contributed by atoms with Gasteiger partial charge in [-0.1, -0.05) is 12.7 Å². The van der Waals surface area contributed by atoms with E-state index in [1.165, 1.54) is 0 Å². The summed E-state index contributed by atoms with van der Waals surface area (Å²) in [6.45, 7) is 2.98. The molecule has 0 amide bonds. The number of aliphatic hydroxyl groups excluding tert-OH is 1. The lowest BCUT2D eigenvalue weighted by molar-refractivity contribution is -0.125. The largest absolute Gasteiger partial charge is 0.509 e. The summed E-state index contributed by atoms with van der Waals surface area (Å²) < 4.78 is 34.0. The van der Waals surface area contributed by atoms with Gasteiger partial charge in [-0.2, -0.15) is 13.2 Å². The Morgan fingerprint density at radius 2 is 2.00 bits per heavy atom. The van der Waals surface area contributed by atoms with Crippen molar-refractivity contribution < 1.29 is 18.3 Å². The third-order valence-corrected chi connectivity index (χ3v) is 0.660. The lowest BCUT2D eigenvalue weighted by Gasteiger charge is -1.99. The highest BCUT2D eigenvalue weighted by Gasteiger charge is 2.24. The van der Waals surface area contributed by atoms with Gasteiger partial charge in [0, 0.05) is 0 Å². The van der Waals surface area contributed by atoms with E-state index in [9.17, 15) is 13.2 Å². The number of allylic oxidation sites excluding steroid dienone is 2. The molecular weight excluding hydrogens is 145 g/mol. The van der Waals surface area contributed by atoms with Gasteiger partial charge in [-0.3, -0.25) is 0 Å². The molecule has 10 heavy (non-hydrogen) atoms. The molecule has 0 fully saturated rings. The lowest BCUT2D eigenvalue weighted by atomic mass is 10.3. The second-order valence-corrected chi connectivity index (χ2v) is 1.71. The van der Waals surface area contributed by atoms with Gasteiger partial charge < -0.3 is 5.11 Å². The molecule has 1 N–H and O–H groups in total. The SMILES string of the molecule is C=C(O)/C=C\CC(F)(F)F. The number of hydrogen-bond donors (Lipinski definition) is 1. The van der Waals surface area contributed by atoms with Crippen LogP contribution in [0, 0.1) is 0 Å². The number of hydrogen-bond acceptors (Lipinski definition) is 1. The van der Waals surface area contributed by atoms with Crippen molar-refractivity contribution >= 4 is 0 Å². The molecular formula is C6H7F3O. The van der Waals surface area contributed by atoms with Gasteiger partial charge in [0.25, 0.3) is 0 Å². The van der Waals surface area contributed by atoms with E-state index >= 15 is 0 Å². The number of halogens is 3. The van der Waals surface area contributed by atoms with Crippen molar-refractivity contribution in [3.8, 4) is 0 Å². The van der Waals surface area contributed by atoms with E-state index in [4.69, 9.17) is 5.11 Å². The highest BCUT2D eigenvalue weighted by molar-refractivity contribution is 5.05. The molecule has 0 unspecified atom stereocenters. The van der Waals surface area contributed by atoms with Gasteiger partial charge in [0.15, 0.2) is 0 Å². The van der Waals surface area contributed by atoms with Crippen LogP contribution >= 0.6 is 0 Å². The molecule has 1 nitrogen and oxygen atoms in total. The molecule has 0 aliphatic rings. The van der Waals surface area contributed by atoms with Gasteiger partial charge in [-0.15, -0.1) is 0 Å². The fourth-order valence-electron chi connectivity index (χ4n) is 0.329. The molecule has 0 radical (unpaired) electrons. The molecule has 0 saturated carbocycles. The van der Waals surface area contributed by atoms with Gasteiger partial charge in [-0.05, 0) is 6.08 Å². The monoisotopic (exact) mass is 152 g/mol. The number of aliphatic hydroxyl groups is 1. The summed E-state index contributed by atoms with van der Waals surface area (Å²) in [5.74, 6) is -0.371. The summed E-state index contributed by atoms with van der Waals surface area (Å²) in [6.07, 6.45) is -3.52. The molecule has 0 aromatic carbocycles. The van der Waals surface area contributed by atoms with Gasteiger partial charge >= 0.3 is 6.18 Å². The van der Waals surface area contributed by atoms with Crippen LogP contribution in [-0.2, 0) is 0 Å². The van der Waals surface area contributed by atoms with Gasteiger partial charge in [-0.25, -0.2) is 0 Å². The minimum atomic E-state index is -4.20. The molecule has 0 heterocycles. The Hall–Kier alpha value is -0.930. The summed E-state index contributed by atoms with van der Waals surface area (Å²) in [5, 5.41) is 8.30. The third kappa shape index (κ3) is 7.07. The first-order valence-corrected chi connectivity index (χ1v) is 2.53. The van der Waals surface area contributed by atoms with Crippen LogP contribution in [-0.4, -0.2) is 11.3 Å². The second kappa shape index (κ2) is 3.29. The number of alkyl halides is 3. The molecule has 0 rings (SSSR count). The van der Waals surface area contributed by atoms with E-state index in [1.807, 2.05) is 0 Å². The first-order chi connectivity index (χ1) is 4.42. The minimum Gasteiger partial charge on any atom is -0.509 e. The van der Waals surface area contributed by atoms with Crippen LogP contribution in [0.25, 0.3) is 0 Å². The Morgan fingerprint density at radius 1 is 1.50 bits per heavy atom. The minimum absolute atomic E-state index is 0.371. The quantitative estimate of drug-likeness (QED) is 0.476. The van der Waals surface area contributed by atoms with Crippen molar-refractivity contribution in [2.45, 2.75) is 12.6 Å². The van der Waals surface area contributed by atoms with Crippen LogP contribution in [0.15, 0.2) is 24.5 Å². The van der Waals surface area contributed by atoms with E-state index in [1.54, 1.807) is 0 Å². The summed E-state index contributed by atoms with van der Waals surface area (Å²) in [6, 6.07) is 0. The van der Waals surface area contributed by atoms with Gasteiger partial charge in [0.2, 0.25) is 0 Å². The number of rotatable bonds is 2. The molecule has 4 heteroatoms. The standard InChI is InChI=1S/C6H7F3O/c1-5(10)3-2-4-6(7,8)9/h2-3,10H,1,4H2/b3-2-. The molecule has 0 bridgehead atoms. The van der Waals surface area contributed by atoms with Gasteiger partial charge in [0.05, 0.1) is 6.42 Å². The predicted octanol–water partition coefficient (Wildman–Crippen LogP) is 2.57. The zero-order valence-corrected chi connectivity index (χ0v) is 5.15. The molecule has 0 spiro atoms. The normalized spacial score (nSPS) is 12.3. The smallest absolute Gasteiger partial charge is 0.392 e. The Kier molecular flexibility index (Phi) is 2.99. The van der Waals surface area contributed by atoms with Crippen molar-refractivity contribution in [2.24, 2.45) is 0 Å². The zero-order chi connectivity index (χ0) is 8.20. The van der Waals surface area contributed by atoms with Crippen LogP contribution in [0.1, 0.15) is 6.42 Å². The van der Waals surface area contributed by atoms with Crippen molar-refractivity contribution in [1.82, 2.24) is 0 Å². The maximum atomic E-state index is 11.3. The molecule has 0 aliphatic heterocycles. The maximum Gasteiger partial charge on any atom is 0.392 e. The maximum absolute atomic E-state index is 11.3. The van der Waals surface area contributed by atoms with Crippen LogP contribution < -0.4 is 0 Å². The summed E-state index contributed by atoms with van der Waals surface area (Å²) in [4.78, 5) is 0. The first-order valence-electron chi connectivity index (χ1n) is 2.53. The highest BCUT2D eigenvalue weighted by Crippen LogP contribution is 2.19. The average molecular weight is 152 g/mol. The van der Waals surface area contributed by atoms with Crippen molar-refractivity contribution in [1.29, 1.82) is 0 Å². The predicted molar refractivity (Wildman–Crippen MR) is 31.6 cm³/mol. The van der Waals surface area contributed by atoms with E-state index < -0.39 is 12.6 Å². The van der Waals surface area contributed by atoms with E-state index in [-0.39, 0.29) is 5.76 Å². The fraction of sp³-hybridized carbons (Fsp3) is 0.333. The van der Waals surface area contributed by atoms with Crippen LogP contribution in [0.2, 0.25) is 0 Å². The van der Waals surface area contributed by atoms with Crippen molar-refractivity contribution in [2.75, 3.05) is 0 Å². The molecule has 0 aromatic rings. The topological polar surface area (TPSA) is 20.2 Å². The lowest BCUT2D eigenvalue weighted by Crippen LogP contribution is -2.03. The van der Waals surface area contributed by atoms with Crippen LogP contribution in [0.3, 0.4) is 0 Å². The first kappa shape index (κ1) is 9.07. The molecule has 0 aliphatic carbocycles. The van der Waals surface area contributed by atoms with Crippen molar-refractivity contribution in [3.63, 3.8) is 0 Å². The van der Waals surface area contributed by atoms with E-state index in [0.717, 1.165) is 12.2 Å². The van der Waals surface area contributed by atoms with Crippen molar-refractivity contribution in [3.05, 3.63) is 24.5 Å².